The van der Waals surface area contributed by atoms with Gasteiger partial charge in [0, 0.05) is 28.4 Å². The number of Topliss-reactive ketones (excluding diaryl/α,β-unsaturated/α-hetero) is 1. The first-order chi connectivity index (χ1) is 13.6. The number of hydrogen-bond donors (Lipinski definition) is 1. The van der Waals surface area contributed by atoms with Crippen LogP contribution in [0.15, 0.2) is 53.2 Å². The first kappa shape index (κ1) is 19.3. The third-order valence-corrected chi connectivity index (χ3v) is 6.95. The van der Waals surface area contributed by atoms with Gasteiger partial charge in [-0.3, -0.25) is 9.69 Å². The van der Waals surface area contributed by atoms with Crippen molar-refractivity contribution in [2.45, 2.75) is 25.5 Å². The van der Waals surface area contributed by atoms with Crippen LogP contribution in [0.3, 0.4) is 0 Å². The van der Waals surface area contributed by atoms with E-state index in [2.05, 4.69) is 33.9 Å². The second-order valence-corrected chi connectivity index (χ2v) is 8.99. The molecule has 3 heterocycles. The smallest absolute Gasteiger partial charge is 0.159 e. The van der Waals surface area contributed by atoms with Crippen LogP contribution in [0, 0.1) is 0 Å². The van der Waals surface area contributed by atoms with Gasteiger partial charge >= 0.3 is 0 Å². The molecule has 1 aromatic carbocycles. The van der Waals surface area contributed by atoms with Gasteiger partial charge in [-0.05, 0) is 66.1 Å². The van der Waals surface area contributed by atoms with Gasteiger partial charge in [-0.15, -0.1) is 22.7 Å². The number of ketones is 1. The number of fused-ring (bicyclic) bond motifs is 1. The predicted molar refractivity (Wildman–Crippen MR) is 114 cm³/mol. The number of rotatable bonds is 7. The lowest BCUT2D eigenvalue weighted by Crippen LogP contribution is -2.41. The first-order valence-corrected chi connectivity index (χ1v) is 11.1. The lowest BCUT2D eigenvalue weighted by molar-refractivity contribution is 0.0562. The highest BCUT2D eigenvalue weighted by Gasteiger charge is 2.31. The van der Waals surface area contributed by atoms with E-state index in [0.29, 0.717) is 17.9 Å². The number of aliphatic hydroxyl groups excluding tert-OH is 1. The minimum atomic E-state index is -0.588. The van der Waals surface area contributed by atoms with Crippen LogP contribution in [0.1, 0.15) is 38.6 Å². The van der Waals surface area contributed by atoms with Gasteiger partial charge in [0.2, 0.25) is 0 Å². The molecule has 2 aromatic heterocycles. The van der Waals surface area contributed by atoms with Crippen molar-refractivity contribution in [2.75, 3.05) is 19.7 Å². The van der Waals surface area contributed by atoms with Gasteiger partial charge in [-0.2, -0.15) is 0 Å². The second kappa shape index (κ2) is 8.57. The van der Waals surface area contributed by atoms with Crippen LogP contribution in [0.4, 0.5) is 0 Å². The number of thiophene rings is 2. The highest BCUT2D eigenvalue weighted by atomic mass is 32.1. The van der Waals surface area contributed by atoms with Crippen molar-refractivity contribution in [3.63, 3.8) is 0 Å². The Morgan fingerprint density at radius 2 is 2.04 bits per heavy atom. The molecule has 0 radical (unpaired) electrons. The molecule has 0 spiro atoms. The first-order valence-electron chi connectivity index (χ1n) is 9.37. The normalized spacial score (nSPS) is 17.9. The Kier molecular flexibility index (Phi) is 5.92. The molecule has 146 valence electrons. The van der Waals surface area contributed by atoms with E-state index >= 15 is 0 Å². The summed E-state index contributed by atoms with van der Waals surface area (Å²) in [4.78, 5) is 16.5. The summed E-state index contributed by atoms with van der Waals surface area (Å²) < 4.78 is 5.74. The van der Waals surface area contributed by atoms with Crippen molar-refractivity contribution >= 4 is 28.5 Å². The number of aliphatic hydroxyl groups is 1. The van der Waals surface area contributed by atoms with E-state index in [1.54, 1.807) is 42.5 Å². The molecule has 28 heavy (non-hydrogen) atoms. The zero-order valence-corrected chi connectivity index (χ0v) is 17.3. The number of hydrogen-bond acceptors (Lipinski definition) is 6. The van der Waals surface area contributed by atoms with Crippen molar-refractivity contribution in [3.05, 3.63) is 74.1 Å². The van der Waals surface area contributed by atoms with Crippen molar-refractivity contribution < 1.29 is 14.6 Å². The fourth-order valence-electron chi connectivity index (χ4n) is 3.65. The molecule has 2 unspecified atom stereocenters. The number of nitrogens with zero attached hydrogens (tertiary/aromatic N) is 1. The van der Waals surface area contributed by atoms with Crippen molar-refractivity contribution in [2.24, 2.45) is 0 Å². The van der Waals surface area contributed by atoms with Crippen LogP contribution in [-0.2, 0) is 6.42 Å². The average molecular weight is 414 g/mol. The van der Waals surface area contributed by atoms with E-state index in [1.807, 2.05) is 11.3 Å². The number of β-amino-alcohol motifs (C(OH)–C–C–N with tert-alkyl or cyclic N) is 1. The predicted octanol–water partition coefficient (Wildman–Crippen LogP) is 4.40. The third-order valence-electron chi connectivity index (χ3n) is 5.03. The number of carbonyl (C=O) groups excluding carboxylic acids is 1. The minimum Gasteiger partial charge on any atom is -0.491 e. The Bertz CT molecular complexity index is 918. The molecule has 0 saturated carbocycles. The molecule has 1 aliphatic rings. The Hall–Kier alpha value is -1.99. The summed E-state index contributed by atoms with van der Waals surface area (Å²) in [6, 6.07) is 13.7. The summed E-state index contributed by atoms with van der Waals surface area (Å²) in [7, 11) is 0. The molecule has 4 rings (SSSR count). The molecule has 0 fully saturated rings. The molecular weight excluding hydrogens is 390 g/mol. The fraction of sp³-hybridized carbons (Fsp3) is 0.318. The molecule has 2 atom stereocenters. The van der Waals surface area contributed by atoms with Gasteiger partial charge in [0.15, 0.2) is 5.78 Å². The summed E-state index contributed by atoms with van der Waals surface area (Å²) in [6.07, 6.45) is 0.435. The molecule has 3 aromatic rings. The van der Waals surface area contributed by atoms with Crippen LogP contribution in [0.2, 0.25) is 0 Å². The van der Waals surface area contributed by atoms with Crippen LogP contribution < -0.4 is 4.74 Å². The average Bonchev–Trinajstić information content (AvgIpc) is 3.38. The number of carbonyl (C=O) groups is 1. The second-order valence-electron chi connectivity index (χ2n) is 7.01. The van der Waals surface area contributed by atoms with Gasteiger partial charge in [0.1, 0.15) is 18.5 Å². The highest BCUT2D eigenvalue weighted by Crippen LogP contribution is 2.39. The molecule has 1 N–H and O–H groups in total. The van der Waals surface area contributed by atoms with Crippen molar-refractivity contribution in [3.8, 4) is 5.75 Å². The van der Waals surface area contributed by atoms with Crippen molar-refractivity contribution in [1.29, 1.82) is 0 Å². The number of benzene rings is 1. The molecule has 0 amide bonds. The van der Waals surface area contributed by atoms with Gasteiger partial charge < -0.3 is 9.84 Å². The molecule has 0 saturated heterocycles. The van der Waals surface area contributed by atoms with Crippen LogP contribution in [0.5, 0.6) is 5.75 Å². The summed E-state index contributed by atoms with van der Waals surface area (Å²) in [5.74, 6) is 0.696. The number of ether oxygens (including phenoxy) is 1. The molecular formula is C22H23NO3S2. The third kappa shape index (κ3) is 4.20. The monoisotopic (exact) mass is 413 g/mol. The lowest BCUT2D eigenvalue weighted by Gasteiger charge is -2.36. The Morgan fingerprint density at radius 1 is 1.21 bits per heavy atom. The van der Waals surface area contributed by atoms with E-state index in [4.69, 9.17) is 4.74 Å². The van der Waals surface area contributed by atoms with Gasteiger partial charge in [-0.1, -0.05) is 6.07 Å². The summed E-state index contributed by atoms with van der Waals surface area (Å²) >= 11 is 3.59. The fourth-order valence-corrected chi connectivity index (χ4v) is 5.43. The zero-order chi connectivity index (χ0) is 19.5. The molecule has 0 aliphatic carbocycles. The zero-order valence-electron chi connectivity index (χ0n) is 15.7. The van der Waals surface area contributed by atoms with E-state index < -0.39 is 6.10 Å². The van der Waals surface area contributed by atoms with Gasteiger partial charge in [0.05, 0.1) is 6.04 Å². The maximum Gasteiger partial charge on any atom is 0.159 e. The Balaban J connectivity index is 1.40. The van der Waals surface area contributed by atoms with E-state index in [-0.39, 0.29) is 18.4 Å². The highest BCUT2D eigenvalue weighted by molar-refractivity contribution is 7.10. The van der Waals surface area contributed by atoms with Gasteiger partial charge in [0.25, 0.3) is 0 Å². The van der Waals surface area contributed by atoms with Crippen LogP contribution >= 0.6 is 22.7 Å². The van der Waals surface area contributed by atoms with E-state index in [9.17, 15) is 9.90 Å². The summed E-state index contributed by atoms with van der Waals surface area (Å²) in [5.41, 5.74) is 2.03. The van der Waals surface area contributed by atoms with Crippen molar-refractivity contribution in [1.82, 2.24) is 4.90 Å². The molecule has 0 bridgehead atoms. The summed E-state index contributed by atoms with van der Waals surface area (Å²) in [6.45, 7) is 3.26. The molecule has 6 heteroatoms. The molecule has 4 nitrogen and oxygen atoms in total. The van der Waals surface area contributed by atoms with Crippen LogP contribution in [-0.4, -0.2) is 41.6 Å². The summed E-state index contributed by atoms with van der Waals surface area (Å²) in [5, 5.41) is 14.9. The molecule has 1 aliphatic heterocycles. The maximum absolute atomic E-state index is 11.4. The van der Waals surface area contributed by atoms with Gasteiger partial charge in [-0.25, -0.2) is 0 Å². The minimum absolute atomic E-state index is 0.0316. The van der Waals surface area contributed by atoms with E-state index in [0.717, 1.165) is 13.0 Å². The quantitative estimate of drug-likeness (QED) is 0.583. The standard InChI is InChI=1S/C22H23NO3S2/c1-15(24)16-4-6-18(7-5-16)26-14-17(25)13-23-10-8-20-19(9-12-28-20)22(23)21-3-2-11-27-21/h2-7,9,11-12,17,22,25H,8,10,13-14H2,1H3. The Morgan fingerprint density at radius 3 is 2.75 bits per heavy atom. The lowest BCUT2D eigenvalue weighted by atomic mass is 9.98. The van der Waals surface area contributed by atoms with E-state index in [1.165, 1.54) is 15.3 Å². The topological polar surface area (TPSA) is 49.8 Å². The van der Waals surface area contributed by atoms with Crippen LogP contribution in [0.25, 0.3) is 0 Å². The largest absolute Gasteiger partial charge is 0.491 e. The Labute approximate surface area is 173 Å². The SMILES string of the molecule is CC(=O)c1ccc(OCC(O)CN2CCc3sccc3C2c2cccs2)cc1. The maximum atomic E-state index is 11.4.